The van der Waals surface area contributed by atoms with Crippen molar-refractivity contribution in [1.29, 1.82) is 0 Å². The lowest BCUT2D eigenvalue weighted by atomic mass is 10.1. The molecule has 2 saturated carbocycles. The van der Waals surface area contributed by atoms with E-state index < -0.39 is 0 Å². The number of fused-ring (bicyclic) bond motifs is 1. The van der Waals surface area contributed by atoms with Gasteiger partial charge in [0.25, 0.3) is 0 Å². The maximum atomic E-state index is 12.4. The quantitative estimate of drug-likeness (QED) is 0.0538. The van der Waals surface area contributed by atoms with Crippen molar-refractivity contribution in [2.75, 3.05) is 20.4 Å². The molecule has 1 aromatic carbocycles. The van der Waals surface area contributed by atoms with Gasteiger partial charge >= 0.3 is 0 Å². The monoisotopic (exact) mass is 766 g/mol. The fraction of sp³-hybridized carbons (Fsp3) is 0.619. The minimum Gasteiger partial charge on any atom is -0.496 e. The minimum absolute atomic E-state index is 0.00389. The number of allylic oxidation sites excluding steroid dienone is 2. The molecule has 11 heteroatoms. The highest BCUT2D eigenvalue weighted by Gasteiger charge is 2.33. The van der Waals surface area contributed by atoms with Gasteiger partial charge in [-0.25, -0.2) is 9.71 Å². The molecule has 292 valence electrons. The van der Waals surface area contributed by atoms with Crippen molar-refractivity contribution >= 4 is 45.9 Å². The van der Waals surface area contributed by atoms with Crippen molar-refractivity contribution in [2.45, 2.75) is 135 Å². The first-order valence-electron chi connectivity index (χ1n) is 19.7. The topological polar surface area (TPSA) is 125 Å². The number of carbonyl (C=O) groups is 2. The van der Waals surface area contributed by atoms with E-state index in [1.54, 1.807) is 49.5 Å². The summed E-state index contributed by atoms with van der Waals surface area (Å²) in [7, 11) is 1.63. The van der Waals surface area contributed by atoms with Gasteiger partial charge in [-0.1, -0.05) is 70.6 Å². The lowest BCUT2D eigenvalue weighted by molar-refractivity contribution is -0.137. The van der Waals surface area contributed by atoms with Gasteiger partial charge in [0.15, 0.2) is 11.2 Å². The molecule has 0 radical (unpaired) electrons. The summed E-state index contributed by atoms with van der Waals surface area (Å²) >= 11 is 3.19. The fourth-order valence-corrected chi connectivity index (χ4v) is 8.43. The highest BCUT2D eigenvalue weighted by Crippen LogP contribution is 2.43. The number of hydrogen-bond donors (Lipinski definition) is 3. The van der Waals surface area contributed by atoms with Crippen molar-refractivity contribution in [3.05, 3.63) is 57.2 Å². The highest BCUT2D eigenvalue weighted by atomic mass is 32.2. The molecule has 1 aliphatic heterocycles. The second kappa shape index (κ2) is 21.8. The third kappa shape index (κ3) is 13.4. The number of hydrogen-bond acceptors (Lipinski definition) is 9. The summed E-state index contributed by atoms with van der Waals surface area (Å²) in [6, 6.07) is 5.11. The number of rotatable bonds is 17. The number of benzene rings is 1. The first kappa shape index (κ1) is 42.7. The van der Waals surface area contributed by atoms with Gasteiger partial charge < -0.3 is 19.7 Å². The SMILES string of the molecule is CCCC1C[C@H]1/C=C\CCCCCCC(=O)N1CCC[C@H]1C(C)=O.COc1ccc2c(=O)cc(-c3nc(C(C)C)cs3)[nH]c2c1C.OCNSC1CC1. The summed E-state index contributed by atoms with van der Waals surface area (Å²) in [5, 5.41) is 12.6. The molecule has 3 heterocycles. The van der Waals surface area contributed by atoms with Crippen LogP contribution < -0.4 is 14.9 Å². The zero-order valence-electron chi connectivity index (χ0n) is 32.7. The number of likely N-dealkylation sites (tertiary alicyclic amines) is 1. The molecule has 0 spiro atoms. The first-order chi connectivity index (χ1) is 25.6. The molecule has 1 unspecified atom stereocenters. The Morgan fingerprint density at radius 3 is 2.62 bits per heavy atom. The number of H-pyrrole nitrogens is 1. The van der Waals surface area contributed by atoms with Crippen LogP contribution in [0, 0.1) is 18.8 Å². The number of nitrogens with one attached hydrogen (secondary N) is 2. The molecule has 3 aromatic rings. The van der Waals surface area contributed by atoms with Crippen molar-refractivity contribution in [2.24, 2.45) is 11.8 Å². The van der Waals surface area contributed by atoms with Crippen molar-refractivity contribution < 1.29 is 19.4 Å². The second-order valence-electron chi connectivity index (χ2n) is 14.9. The molecule has 3 atom stereocenters. The minimum atomic E-state index is -0.137. The smallest absolute Gasteiger partial charge is 0.223 e. The van der Waals surface area contributed by atoms with Crippen LogP contribution in [0.25, 0.3) is 21.6 Å². The Balaban J connectivity index is 0.000000200. The number of unbranched alkanes of at least 4 members (excludes halogenated alkanes) is 4. The van der Waals surface area contributed by atoms with Crippen LogP contribution in [-0.4, -0.2) is 63.3 Å². The van der Waals surface area contributed by atoms with E-state index in [2.05, 4.69) is 47.6 Å². The van der Waals surface area contributed by atoms with Crippen LogP contribution in [0.5, 0.6) is 5.75 Å². The molecule has 3 fully saturated rings. The number of ether oxygens (including phenoxy) is 1. The van der Waals surface area contributed by atoms with E-state index in [9.17, 15) is 14.4 Å². The standard InChI is InChI=1S/C21H35NO2.C17H18N2O2S.C4H9NOS/c1-3-11-18-16-19(18)12-8-6-4-5-7-9-14-21(24)22-15-10-13-20(22)17(2)23;1-9(2)13-8-22-17(19-13)12-7-14(20)11-5-6-15(21-4)10(3)16(11)18-12;6-3-5-7-4-1-2-4/h8,12,18-20H,3-7,9-11,13-16H2,1-2H3;5-9H,1-4H3,(H,18,20);4-6H,1-3H2/b12-8-;;/t18?,19-,20+;;/m1../s1. The Bertz CT molecular complexity index is 1700. The number of aryl methyl sites for hydroxylation is 1. The summed E-state index contributed by atoms with van der Waals surface area (Å²) in [4.78, 5) is 45.9. The van der Waals surface area contributed by atoms with Gasteiger partial charge in [-0.3, -0.25) is 14.4 Å². The summed E-state index contributed by atoms with van der Waals surface area (Å²) in [5.41, 5.74) is 3.53. The Hall–Kier alpha value is -2.99. The molecule has 53 heavy (non-hydrogen) atoms. The normalized spacial score (nSPS) is 19.2. The second-order valence-corrected chi connectivity index (χ2v) is 16.9. The van der Waals surface area contributed by atoms with Crippen molar-refractivity contribution in [3.8, 4) is 16.5 Å². The molecular weight excluding hydrogens is 705 g/mol. The number of aliphatic hydroxyl groups excluding tert-OH is 1. The fourth-order valence-electron chi connectivity index (χ4n) is 6.79. The van der Waals surface area contributed by atoms with Gasteiger partial charge in [-0.05, 0) is 95.1 Å². The molecule has 3 N–H and O–H groups in total. The highest BCUT2D eigenvalue weighted by molar-refractivity contribution is 7.98. The van der Waals surface area contributed by atoms with Crippen molar-refractivity contribution in [3.63, 3.8) is 0 Å². The number of aromatic amines is 1. The van der Waals surface area contributed by atoms with Crippen LogP contribution in [0.1, 0.15) is 128 Å². The summed E-state index contributed by atoms with van der Waals surface area (Å²) < 4.78 is 8.12. The third-order valence-corrected chi connectivity index (χ3v) is 12.2. The predicted octanol–water partition coefficient (Wildman–Crippen LogP) is 9.33. The van der Waals surface area contributed by atoms with Gasteiger partial charge in [-0.2, -0.15) is 0 Å². The molecule has 0 bridgehead atoms. The number of amides is 1. The molecule has 3 aliphatic rings. The van der Waals surface area contributed by atoms with Crippen LogP contribution in [0.4, 0.5) is 0 Å². The zero-order valence-corrected chi connectivity index (χ0v) is 34.4. The van der Waals surface area contributed by atoms with Crippen LogP contribution in [0.3, 0.4) is 0 Å². The Morgan fingerprint density at radius 2 is 1.96 bits per heavy atom. The number of aromatic nitrogens is 2. The maximum Gasteiger partial charge on any atom is 0.223 e. The molecule has 9 nitrogen and oxygen atoms in total. The molecule has 2 aromatic heterocycles. The van der Waals surface area contributed by atoms with Crippen molar-refractivity contribution in [1.82, 2.24) is 19.6 Å². The maximum absolute atomic E-state index is 12.4. The lowest BCUT2D eigenvalue weighted by Gasteiger charge is -2.22. The molecular formula is C42H62N4O5S2. The molecule has 2 aliphatic carbocycles. The van der Waals surface area contributed by atoms with Gasteiger partial charge in [0, 0.05) is 40.6 Å². The third-order valence-electron chi connectivity index (χ3n) is 10.2. The Labute approximate surface area is 324 Å². The molecule has 1 amide bonds. The number of nitrogens with zero attached hydrogens (tertiary/aromatic N) is 2. The van der Waals surface area contributed by atoms with E-state index in [0.29, 0.717) is 17.7 Å². The number of methoxy groups -OCH3 is 1. The van der Waals surface area contributed by atoms with Gasteiger partial charge in [0.05, 0.1) is 30.1 Å². The number of thiazole rings is 1. The van der Waals surface area contributed by atoms with E-state index in [-0.39, 0.29) is 29.9 Å². The van der Waals surface area contributed by atoms with E-state index in [1.165, 1.54) is 51.4 Å². The van der Waals surface area contributed by atoms with Crippen LogP contribution in [0.15, 0.2) is 40.5 Å². The van der Waals surface area contributed by atoms with Crippen LogP contribution in [-0.2, 0) is 9.59 Å². The molecule has 1 saturated heterocycles. The van der Waals surface area contributed by atoms with E-state index in [1.807, 2.05) is 23.3 Å². The Kier molecular flexibility index (Phi) is 17.6. The number of aliphatic hydroxyl groups is 1. The number of pyridine rings is 1. The summed E-state index contributed by atoms with van der Waals surface area (Å²) in [5.74, 6) is 3.31. The summed E-state index contributed by atoms with van der Waals surface area (Å²) in [6.07, 6.45) is 19.7. The van der Waals surface area contributed by atoms with Gasteiger partial charge in [-0.15, -0.1) is 11.3 Å². The van der Waals surface area contributed by atoms with E-state index in [0.717, 1.165) is 82.5 Å². The van der Waals surface area contributed by atoms with Gasteiger partial charge in [0.1, 0.15) is 17.5 Å². The molecule has 6 rings (SSSR count). The average molecular weight is 767 g/mol. The lowest BCUT2D eigenvalue weighted by Crippen LogP contribution is -2.39. The zero-order chi connectivity index (χ0) is 38.3. The summed E-state index contributed by atoms with van der Waals surface area (Å²) in [6.45, 7) is 10.9. The number of Topliss-reactive ketones (excluding diaryl/α,β-unsaturated/α-hetero) is 1. The average Bonchev–Trinajstić information content (AvgIpc) is 3.98. The van der Waals surface area contributed by atoms with Gasteiger partial charge in [0.2, 0.25) is 5.91 Å². The van der Waals surface area contributed by atoms with Crippen LogP contribution in [0.2, 0.25) is 0 Å². The Morgan fingerprint density at radius 1 is 1.19 bits per heavy atom. The number of carbonyl (C=O) groups excluding carboxylic acids is 2. The van der Waals surface area contributed by atoms with Crippen LogP contribution >= 0.6 is 23.3 Å². The first-order valence-corrected chi connectivity index (χ1v) is 21.5. The predicted molar refractivity (Wildman–Crippen MR) is 221 cm³/mol. The van der Waals surface area contributed by atoms with E-state index >= 15 is 0 Å². The largest absolute Gasteiger partial charge is 0.496 e. The van der Waals surface area contributed by atoms with E-state index in [4.69, 9.17) is 9.84 Å². The number of ketones is 1.